The first-order chi connectivity index (χ1) is 13.2. The quantitative estimate of drug-likeness (QED) is 0.659. The standard InChI is InChI=1S/C20H23N7/c1-27-10-9-13-15(7-4-8-18(13)27)25-20-17(11-21)23-12-19(26-20)24-16-6-3-2-5-14(16)22/h4,7-10,12,14,16H,2-3,5-6,22H2,1H3,(H2,24,25,26)/t14-,16+/m0/s1. The van der Waals surface area contributed by atoms with Crippen LogP contribution in [0.4, 0.5) is 17.3 Å². The van der Waals surface area contributed by atoms with Crippen LogP contribution in [0.2, 0.25) is 0 Å². The molecule has 1 fully saturated rings. The SMILES string of the molecule is Cn1ccc2c(Nc3nc(N[C@@H]4CCCC[C@@H]4N)cnc3C#N)cccc21. The highest BCUT2D eigenvalue weighted by atomic mass is 15.1. The Kier molecular flexibility index (Phi) is 4.65. The Bertz CT molecular complexity index is 1000. The first kappa shape index (κ1) is 17.3. The Hall–Kier alpha value is -3.11. The Morgan fingerprint density at radius 2 is 2.11 bits per heavy atom. The Balaban J connectivity index is 1.64. The van der Waals surface area contributed by atoms with Gasteiger partial charge in [-0.2, -0.15) is 5.26 Å². The molecule has 3 aromatic rings. The molecule has 0 bridgehead atoms. The van der Waals surface area contributed by atoms with Gasteiger partial charge in [0, 0.05) is 41.9 Å². The van der Waals surface area contributed by atoms with Crippen LogP contribution in [0.3, 0.4) is 0 Å². The lowest BCUT2D eigenvalue weighted by molar-refractivity contribution is 0.403. The number of benzene rings is 1. The van der Waals surface area contributed by atoms with Crippen LogP contribution in [-0.2, 0) is 7.05 Å². The number of hydrogen-bond donors (Lipinski definition) is 3. The highest BCUT2D eigenvalue weighted by Crippen LogP contribution is 2.28. The van der Waals surface area contributed by atoms with Crippen molar-refractivity contribution in [2.45, 2.75) is 37.8 Å². The zero-order chi connectivity index (χ0) is 18.8. The van der Waals surface area contributed by atoms with E-state index >= 15 is 0 Å². The summed E-state index contributed by atoms with van der Waals surface area (Å²) in [5.74, 6) is 1.09. The van der Waals surface area contributed by atoms with Crippen molar-refractivity contribution in [2.24, 2.45) is 12.8 Å². The maximum Gasteiger partial charge on any atom is 0.183 e. The van der Waals surface area contributed by atoms with Crippen LogP contribution < -0.4 is 16.4 Å². The summed E-state index contributed by atoms with van der Waals surface area (Å²) in [5.41, 5.74) is 8.49. The van der Waals surface area contributed by atoms with Crippen molar-refractivity contribution < 1.29 is 0 Å². The minimum Gasteiger partial charge on any atom is -0.364 e. The number of aromatic nitrogens is 3. The monoisotopic (exact) mass is 361 g/mol. The van der Waals surface area contributed by atoms with Gasteiger partial charge >= 0.3 is 0 Å². The normalized spacial score (nSPS) is 19.6. The molecule has 0 saturated heterocycles. The molecule has 1 aromatic carbocycles. The van der Waals surface area contributed by atoms with Crippen LogP contribution in [0.5, 0.6) is 0 Å². The fraction of sp³-hybridized carbons (Fsp3) is 0.350. The van der Waals surface area contributed by atoms with Crippen LogP contribution in [0.1, 0.15) is 31.4 Å². The van der Waals surface area contributed by atoms with E-state index in [9.17, 15) is 5.26 Å². The summed E-state index contributed by atoms with van der Waals surface area (Å²) in [4.78, 5) is 8.89. The lowest BCUT2D eigenvalue weighted by atomic mass is 9.91. The van der Waals surface area contributed by atoms with Crippen molar-refractivity contribution in [3.8, 4) is 6.07 Å². The summed E-state index contributed by atoms with van der Waals surface area (Å²) in [6.07, 6.45) is 7.99. The number of nitriles is 1. The Labute approximate surface area is 158 Å². The lowest BCUT2D eigenvalue weighted by Crippen LogP contribution is -2.42. The van der Waals surface area contributed by atoms with Crippen molar-refractivity contribution in [1.82, 2.24) is 14.5 Å². The number of nitrogens with one attached hydrogen (secondary N) is 2. The van der Waals surface area contributed by atoms with Crippen molar-refractivity contribution in [1.29, 1.82) is 5.26 Å². The molecule has 0 spiro atoms. The van der Waals surface area contributed by atoms with E-state index in [1.54, 1.807) is 6.20 Å². The van der Waals surface area contributed by atoms with Crippen LogP contribution in [-0.4, -0.2) is 26.6 Å². The molecule has 0 unspecified atom stereocenters. The Morgan fingerprint density at radius 3 is 2.93 bits per heavy atom. The van der Waals surface area contributed by atoms with Crippen molar-refractivity contribution in [2.75, 3.05) is 10.6 Å². The minimum atomic E-state index is 0.116. The van der Waals surface area contributed by atoms with E-state index in [0.717, 1.165) is 35.9 Å². The highest BCUT2D eigenvalue weighted by molar-refractivity contribution is 5.94. The zero-order valence-electron chi connectivity index (χ0n) is 15.3. The summed E-state index contributed by atoms with van der Waals surface area (Å²) < 4.78 is 2.06. The van der Waals surface area contributed by atoms with E-state index in [1.807, 2.05) is 31.4 Å². The van der Waals surface area contributed by atoms with Gasteiger partial charge < -0.3 is 20.9 Å². The third-order valence-corrected chi connectivity index (χ3v) is 5.21. The fourth-order valence-electron chi connectivity index (χ4n) is 3.70. The second kappa shape index (κ2) is 7.25. The molecular formula is C20H23N7. The van der Waals surface area contributed by atoms with Gasteiger partial charge in [0.1, 0.15) is 11.9 Å². The van der Waals surface area contributed by atoms with E-state index in [4.69, 9.17) is 5.73 Å². The first-order valence-corrected chi connectivity index (χ1v) is 9.26. The molecule has 4 N–H and O–H groups in total. The van der Waals surface area contributed by atoms with Gasteiger partial charge in [-0.25, -0.2) is 9.97 Å². The van der Waals surface area contributed by atoms with Gasteiger partial charge in [0.15, 0.2) is 11.5 Å². The third-order valence-electron chi connectivity index (χ3n) is 5.21. The zero-order valence-corrected chi connectivity index (χ0v) is 15.3. The number of hydrogen-bond acceptors (Lipinski definition) is 6. The van der Waals surface area contributed by atoms with Crippen LogP contribution >= 0.6 is 0 Å². The molecule has 0 aliphatic heterocycles. The maximum absolute atomic E-state index is 9.43. The Morgan fingerprint density at radius 1 is 1.26 bits per heavy atom. The van der Waals surface area contributed by atoms with Crippen LogP contribution in [0.15, 0.2) is 36.7 Å². The summed E-state index contributed by atoms with van der Waals surface area (Å²) in [6, 6.07) is 10.5. The molecule has 2 aromatic heterocycles. The molecule has 2 atom stereocenters. The van der Waals surface area contributed by atoms with Gasteiger partial charge in [-0.15, -0.1) is 0 Å². The second-order valence-electron chi connectivity index (χ2n) is 7.05. The molecule has 4 rings (SSSR count). The molecular weight excluding hydrogens is 338 g/mol. The number of aryl methyl sites for hydroxylation is 1. The van der Waals surface area contributed by atoms with Gasteiger partial charge in [0.05, 0.1) is 6.20 Å². The molecule has 1 aliphatic rings. The molecule has 7 nitrogen and oxygen atoms in total. The summed E-state index contributed by atoms with van der Waals surface area (Å²) in [5, 5.41) is 17.2. The van der Waals surface area contributed by atoms with Gasteiger partial charge in [-0.3, -0.25) is 0 Å². The molecule has 27 heavy (non-hydrogen) atoms. The number of nitrogens with zero attached hydrogens (tertiary/aromatic N) is 4. The highest BCUT2D eigenvalue weighted by Gasteiger charge is 2.22. The molecule has 1 saturated carbocycles. The number of anilines is 3. The van der Waals surface area contributed by atoms with Crippen molar-refractivity contribution in [3.63, 3.8) is 0 Å². The van der Waals surface area contributed by atoms with E-state index in [-0.39, 0.29) is 17.8 Å². The molecule has 7 heteroatoms. The molecule has 2 heterocycles. The number of fused-ring (bicyclic) bond motifs is 1. The lowest BCUT2D eigenvalue weighted by Gasteiger charge is -2.29. The summed E-state index contributed by atoms with van der Waals surface area (Å²) >= 11 is 0. The van der Waals surface area contributed by atoms with E-state index < -0.39 is 0 Å². The molecule has 138 valence electrons. The first-order valence-electron chi connectivity index (χ1n) is 9.26. The second-order valence-corrected chi connectivity index (χ2v) is 7.05. The third kappa shape index (κ3) is 3.44. The van der Waals surface area contributed by atoms with E-state index in [0.29, 0.717) is 11.6 Å². The molecule has 0 radical (unpaired) electrons. The molecule has 0 amide bonds. The average molecular weight is 361 g/mol. The number of nitrogens with two attached hydrogens (primary N) is 1. The summed E-state index contributed by atoms with van der Waals surface area (Å²) in [7, 11) is 2.00. The van der Waals surface area contributed by atoms with Gasteiger partial charge in [-0.05, 0) is 31.0 Å². The average Bonchev–Trinajstić information content (AvgIpc) is 3.06. The topological polar surface area (TPSA) is 105 Å². The minimum absolute atomic E-state index is 0.116. The largest absolute Gasteiger partial charge is 0.364 e. The van der Waals surface area contributed by atoms with Crippen molar-refractivity contribution in [3.05, 3.63) is 42.4 Å². The van der Waals surface area contributed by atoms with E-state index in [2.05, 4.69) is 37.3 Å². The smallest absolute Gasteiger partial charge is 0.183 e. The van der Waals surface area contributed by atoms with Crippen molar-refractivity contribution >= 4 is 28.2 Å². The number of rotatable bonds is 4. The van der Waals surface area contributed by atoms with Crippen LogP contribution in [0, 0.1) is 11.3 Å². The van der Waals surface area contributed by atoms with E-state index in [1.165, 1.54) is 6.42 Å². The molecule has 1 aliphatic carbocycles. The summed E-state index contributed by atoms with van der Waals surface area (Å²) in [6.45, 7) is 0. The van der Waals surface area contributed by atoms with Crippen LogP contribution in [0.25, 0.3) is 10.9 Å². The predicted molar refractivity (Wildman–Crippen MR) is 107 cm³/mol. The van der Waals surface area contributed by atoms with Gasteiger partial charge in [-0.1, -0.05) is 18.9 Å². The predicted octanol–water partition coefficient (Wildman–Crippen LogP) is 3.27. The van der Waals surface area contributed by atoms with Gasteiger partial charge in [0.25, 0.3) is 0 Å². The maximum atomic E-state index is 9.43. The fourth-order valence-corrected chi connectivity index (χ4v) is 3.70. The van der Waals surface area contributed by atoms with Gasteiger partial charge in [0.2, 0.25) is 0 Å².